The van der Waals surface area contributed by atoms with Crippen molar-refractivity contribution in [1.82, 2.24) is 4.90 Å². The van der Waals surface area contributed by atoms with E-state index in [4.69, 9.17) is 0 Å². The molecule has 6 nitrogen and oxygen atoms in total. The molecule has 8 heteroatoms. The van der Waals surface area contributed by atoms with E-state index in [-0.39, 0.29) is 23.0 Å². The zero-order valence-corrected chi connectivity index (χ0v) is 16.4. The van der Waals surface area contributed by atoms with Gasteiger partial charge in [0.15, 0.2) is 0 Å². The molecule has 1 fully saturated rings. The number of anilines is 1. The molecule has 0 spiro atoms. The lowest BCUT2D eigenvalue weighted by atomic mass is 10.1. The van der Waals surface area contributed by atoms with E-state index in [0.29, 0.717) is 29.8 Å². The van der Waals surface area contributed by atoms with Gasteiger partial charge in [-0.05, 0) is 42.7 Å². The molecule has 1 heterocycles. The first-order chi connectivity index (χ1) is 12.9. The third kappa shape index (κ3) is 4.27. The van der Waals surface area contributed by atoms with E-state index in [0.717, 1.165) is 18.4 Å². The fourth-order valence-electron chi connectivity index (χ4n) is 3.18. The van der Waals surface area contributed by atoms with E-state index >= 15 is 0 Å². The number of carbonyl (C=O) groups excluding carboxylic acids is 1. The van der Waals surface area contributed by atoms with Crippen LogP contribution in [0.4, 0.5) is 15.8 Å². The molecular formula is C19H19BrFN3O3. The highest BCUT2D eigenvalue weighted by molar-refractivity contribution is 9.10. The third-order valence-electron chi connectivity index (χ3n) is 4.66. The number of rotatable bonds is 5. The molecule has 0 bridgehead atoms. The smallest absolute Gasteiger partial charge is 0.282 e. The summed E-state index contributed by atoms with van der Waals surface area (Å²) in [6.07, 6.45) is 1.83. The van der Waals surface area contributed by atoms with E-state index in [1.165, 1.54) is 18.2 Å². The summed E-state index contributed by atoms with van der Waals surface area (Å²) in [6.45, 7) is 1.70. The van der Waals surface area contributed by atoms with Gasteiger partial charge in [-0.25, -0.2) is 4.39 Å². The Balaban J connectivity index is 1.90. The highest BCUT2D eigenvalue weighted by atomic mass is 79.9. The van der Waals surface area contributed by atoms with Crippen LogP contribution in [0.15, 0.2) is 40.9 Å². The Hall–Kier alpha value is -2.48. The topological polar surface area (TPSA) is 66.7 Å². The molecule has 1 aliphatic rings. The van der Waals surface area contributed by atoms with Crippen molar-refractivity contribution in [3.8, 4) is 0 Å². The number of hydrogen-bond acceptors (Lipinski definition) is 4. The van der Waals surface area contributed by atoms with Gasteiger partial charge in [0.1, 0.15) is 11.4 Å². The lowest BCUT2D eigenvalue weighted by molar-refractivity contribution is -0.385. The van der Waals surface area contributed by atoms with Gasteiger partial charge in [0.05, 0.1) is 4.92 Å². The second kappa shape index (κ2) is 8.04. The molecule has 0 atom stereocenters. The van der Waals surface area contributed by atoms with Crippen molar-refractivity contribution in [1.29, 1.82) is 0 Å². The van der Waals surface area contributed by atoms with Crippen LogP contribution in [0, 0.1) is 15.9 Å². The fourth-order valence-corrected chi connectivity index (χ4v) is 3.66. The number of benzene rings is 2. The molecule has 2 aromatic carbocycles. The van der Waals surface area contributed by atoms with Gasteiger partial charge in [-0.3, -0.25) is 14.9 Å². The SMILES string of the molecule is CN(Cc1ccc(F)cc1Br)c1ccc([N+](=O)[O-])c(C(=O)N2CCCC2)c1. The second-order valence-corrected chi connectivity index (χ2v) is 7.40. The molecule has 1 aliphatic heterocycles. The molecule has 2 aromatic rings. The molecule has 27 heavy (non-hydrogen) atoms. The van der Waals surface area contributed by atoms with E-state index in [1.807, 2.05) is 11.9 Å². The lowest BCUT2D eigenvalue weighted by Gasteiger charge is -2.22. The molecule has 142 valence electrons. The summed E-state index contributed by atoms with van der Waals surface area (Å²) in [4.78, 5) is 27.1. The van der Waals surface area contributed by atoms with Crippen LogP contribution in [0.3, 0.4) is 0 Å². The molecule has 0 unspecified atom stereocenters. The van der Waals surface area contributed by atoms with Crippen molar-refractivity contribution in [2.45, 2.75) is 19.4 Å². The molecule has 0 N–H and O–H groups in total. The minimum Gasteiger partial charge on any atom is -0.370 e. The molecule has 0 aromatic heterocycles. The van der Waals surface area contributed by atoms with Gasteiger partial charge in [-0.15, -0.1) is 0 Å². The number of amides is 1. The Morgan fingerprint density at radius 1 is 1.26 bits per heavy atom. The van der Waals surface area contributed by atoms with E-state index in [9.17, 15) is 19.3 Å². The predicted molar refractivity (Wildman–Crippen MR) is 104 cm³/mol. The van der Waals surface area contributed by atoms with Crippen molar-refractivity contribution >= 4 is 33.2 Å². The molecular weight excluding hydrogens is 417 g/mol. The van der Waals surface area contributed by atoms with Crippen molar-refractivity contribution in [3.63, 3.8) is 0 Å². The van der Waals surface area contributed by atoms with Crippen LogP contribution in [-0.4, -0.2) is 35.9 Å². The highest BCUT2D eigenvalue weighted by Gasteiger charge is 2.27. The van der Waals surface area contributed by atoms with Gasteiger partial charge in [0, 0.05) is 42.9 Å². The Kier molecular flexibility index (Phi) is 5.74. The highest BCUT2D eigenvalue weighted by Crippen LogP contribution is 2.28. The first-order valence-electron chi connectivity index (χ1n) is 8.59. The minimum absolute atomic E-state index is 0.101. The van der Waals surface area contributed by atoms with Gasteiger partial charge in [0.2, 0.25) is 0 Å². The van der Waals surface area contributed by atoms with Gasteiger partial charge >= 0.3 is 0 Å². The normalized spacial score (nSPS) is 13.7. The van der Waals surface area contributed by atoms with Crippen LogP contribution >= 0.6 is 15.9 Å². The Bertz CT molecular complexity index is 884. The largest absolute Gasteiger partial charge is 0.370 e. The molecule has 1 saturated heterocycles. The zero-order chi connectivity index (χ0) is 19.6. The number of nitrogens with zero attached hydrogens (tertiary/aromatic N) is 3. The monoisotopic (exact) mass is 435 g/mol. The van der Waals surface area contributed by atoms with Gasteiger partial charge in [-0.1, -0.05) is 22.0 Å². The number of hydrogen-bond donors (Lipinski definition) is 0. The summed E-state index contributed by atoms with van der Waals surface area (Å²) in [5.74, 6) is -0.639. The van der Waals surface area contributed by atoms with Crippen molar-refractivity contribution in [3.05, 3.63) is 67.9 Å². The Morgan fingerprint density at radius 3 is 2.59 bits per heavy atom. The van der Waals surface area contributed by atoms with Crippen molar-refractivity contribution in [2.24, 2.45) is 0 Å². The maximum Gasteiger partial charge on any atom is 0.282 e. The summed E-state index contributed by atoms with van der Waals surface area (Å²) in [7, 11) is 1.82. The Morgan fingerprint density at radius 2 is 1.96 bits per heavy atom. The summed E-state index contributed by atoms with van der Waals surface area (Å²) in [6, 6.07) is 9.01. The second-order valence-electron chi connectivity index (χ2n) is 6.55. The zero-order valence-electron chi connectivity index (χ0n) is 14.8. The molecule has 0 aliphatic carbocycles. The summed E-state index contributed by atoms with van der Waals surface area (Å²) in [5, 5.41) is 11.4. The summed E-state index contributed by atoms with van der Waals surface area (Å²) >= 11 is 3.34. The average Bonchev–Trinajstić information content (AvgIpc) is 3.17. The first kappa shape index (κ1) is 19.3. The number of halogens is 2. The van der Waals surface area contributed by atoms with Gasteiger partial charge in [0.25, 0.3) is 11.6 Å². The fraction of sp³-hybridized carbons (Fsp3) is 0.316. The number of likely N-dealkylation sites (tertiary alicyclic amines) is 1. The third-order valence-corrected chi connectivity index (χ3v) is 5.40. The number of nitro benzene ring substituents is 1. The maximum atomic E-state index is 13.3. The van der Waals surface area contributed by atoms with E-state index < -0.39 is 4.92 Å². The van der Waals surface area contributed by atoms with Crippen LogP contribution in [0.5, 0.6) is 0 Å². The van der Waals surface area contributed by atoms with Crippen LogP contribution < -0.4 is 4.90 Å². The number of nitro groups is 1. The van der Waals surface area contributed by atoms with Crippen LogP contribution in [0.2, 0.25) is 0 Å². The summed E-state index contributed by atoms with van der Waals surface area (Å²) in [5.41, 5.74) is 1.46. The van der Waals surface area contributed by atoms with Gasteiger partial charge < -0.3 is 9.80 Å². The van der Waals surface area contributed by atoms with Crippen LogP contribution in [0.1, 0.15) is 28.8 Å². The maximum absolute atomic E-state index is 13.3. The first-order valence-corrected chi connectivity index (χ1v) is 9.39. The predicted octanol–water partition coefficient (Wildman–Crippen LogP) is 4.37. The molecule has 3 rings (SSSR count). The quantitative estimate of drug-likeness (QED) is 0.516. The van der Waals surface area contributed by atoms with Gasteiger partial charge in [-0.2, -0.15) is 0 Å². The summed E-state index contributed by atoms with van der Waals surface area (Å²) < 4.78 is 13.9. The van der Waals surface area contributed by atoms with E-state index in [2.05, 4.69) is 15.9 Å². The average molecular weight is 436 g/mol. The molecule has 0 saturated carbocycles. The van der Waals surface area contributed by atoms with Crippen LogP contribution in [0.25, 0.3) is 0 Å². The molecule has 1 amide bonds. The number of carbonyl (C=O) groups is 1. The van der Waals surface area contributed by atoms with Crippen LogP contribution in [-0.2, 0) is 6.54 Å². The minimum atomic E-state index is -0.524. The Labute approximate surface area is 164 Å². The lowest BCUT2D eigenvalue weighted by Crippen LogP contribution is -2.28. The van der Waals surface area contributed by atoms with Crippen molar-refractivity contribution < 1.29 is 14.1 Å². The standard InChI is InChI=1S/C19H19BrFN3O3/c1-22(12-13-4-5-14(21)10-17(13)20)15-6-7-18(24(26)27)16(11-15)19(25)23-8-2-3-9-23/h4-7,10-11H,2-3,8-9,12H2,1H3. The van der Waals surface area contributed by atoms with Crippen molar-refractivity contribution in [2.75, 3.05) is 25.0 Å². The van der Waals surface area contributed by atoms with E-state index in [1.54, 1.807) is 23.1 Å². The molecule has 0 radical (unpaired) electrons.